The highest BCUT2D eigenvalue weighted by Crippen LogP contribution is 2.42. The van der Waals surface area contributed by atoms with Crippen LogP contribution in [0.25, 0.3) is 22.3 Å². The van der Waals surface area contributed by atoms with Gasteiger partial charge in [-0.1, -0.05) is 39.0 Å². The van der Waals surface area contributed by atoms with Crippen molar-refractivity contribution in [1.82, 2.24) is 14.3 Å². The molecule has 0 saturated carbocycles. The van der Waals surface area contributed by atoms with Crippen LogP contribution in [0, 0.1) is 11.3 Å². The number of carbonyl (C=O) groups is 1. The lowest BCUT2D eigenvalue weighted by molar-refractivity contribution is 0.0665. The van der Waals surface area contributed by atoms with Gasteiger partial charge in [0.2, 0.25) is 0 Å². The number of hydrogen-bond acceptors (Lipinski definition) is 4. The fourth-order valence-corrected chi connectivity index (χ4v) is 5.14. The van der Waals surface area contributed by atoms with Crippen molar-refractivity contribution in [2.45, 2.75) is 52.6 Å². The highest BCUT2D eigenvalue weighted by Gasteiger charge is 2.35. The van der Waals surface area contributed by atoms with Gasteiger partial charge < -0.3 is 14.4 Å². The second-order valence-corrected chi connectivity index (χ2v) is 10.1. The largest absolute Gasteiger partial charge is 0.477 e. The van der Waals surface area contributed by atoms with Crippen molar-refractivity contribution in [1.29, 1.82) is 0 Å². The maximum absolute atomic E-state index is 12.7. The Labute approximate surface area is 186 Å². The zero-order valence-corrected chi connectivity index (χ0v) is 18.8. The summed E-state index contributed by atoms with van der Waals surface area (Å²) in [5, 5.41) is 15.6. The second-order valence-electron chi connectivity index (χ2n) is 10.1. The SMILES string of the molecule is CC(C)(C)C1Cn2nc3c(CC4CCOCC4)cccc3c2-c2cc(=O)c(C(=O)O)cn21. The zero-order chi connectivity index (χ0) is 22.6. The predicted octanol–water partition coefficient (Wildman–Crippen LogP) is 4.13. The molecule has 1 atom stereocenters. The van der Waals surface area contributed by atoms with Crippen LogP contribution in [0.4, 0.5) is 0 Å². The van der Waals surface area contributed by atoms with Crippen LogP contribution in [0.15, 0.2) is 35.3 Å². The molecule has 1 N–H and O–H groups in total. The Morgan fingerprint density at radius 3 is 2.69 bits per heavy atom. The van der Waals surface area contributed by atoms with Gasteiger partial charge in [-0.25, -0.2) is 4.79 Å². The van der Waals surface area contributed by atoms with E-state index in [9.17, 15) is 14.7 Å². The summed E-state index contributed by atoms with van der Waals surface area (Å²) in [5.74, 6) is -0.607. The van der Waals surface area contributed by atoms with Crippen LogP contribution in [0.5, 0.6) is 0 Å². The molecule has 168 valence electrons. The highest BCUT2D eigenvalue weighted by atomic mass is 16.5. The lowest BCUT2D eigenvalue weighted by Crippen LogP contribution is -2.35. The Morgan fingerprint density at radius 2 is 2.00 bits per heavy atom. The van der Waals surface area contributed by atoms with Gasteiger partial charge in [-0.05, 0) is 36.2 Å². The summed E-state index contributed by atoms with van der Waals surface area (Å²) in [6.45, 7) is 8.64. The maximum atomic E-state index is 12.7. The van der Waals surface area contributed by atoms with Crippen LogP contribution in [-0.2, 0) is 17.7 Å². The monoisotopic (exact) mass is 435 g/mol. The van der Waals surface area contributed by atoms with E-state index >= 15 is 0 Å². The van der Waals surface area contributed by atoms with Gasteiger partial charge in [0.05, 0.1) is 29.5 Å². The molecule has 0 radical (unpaired) electrons. The molecule has 0 aliphatic carbocycles. The summed E-state index contributed by atoms with van der Waals surface area (Å²) in [5.41, 5.74) is 3.00. The minimum Gasteiger partial charge on any atom is -0.477 e. The molecule has 32 heavy (non-hydrogen) atoms. The van der Waals surface area contributed by atoms with E-state index < -0.39 is 11.4 Å². The molecule has 0 amide bonds. The van der Waals surface area contributed by atoms with Gasteiger partial charge in [0, 0.05) is 30.9 Å². The topological polar surface area (TPSA) is 86.3 Å². The average Bonchev–Trinajstić information content (AvgIpc) is 3.12. The van der Waals surface area contributed by atoms with Crippen molar-refractivity contribution >= 4 is 16.9 Å². The molecule has 7 nitrogen and oxygen atoms in total. The molecular weight excluding hydrogens is 406 g/mol. The van der Waals surface area contributed by atoms with E-state index in [2.05, 4.69) is 39.0 Å². The third kappa shape index (κ3) is 3.45. The van der Waals surface area contributed by atoms with Crippen LogP contribution in [-0.4, -0.2) is 38.6 Å². The van der Waals surface area contributed by atoms with E-state index in [-0.39, 0.29) is 17.0 Å². The molecular formula is C25H29N3O4. The number of carboxylic acids is 1. The fourth-order valence-electron chi connectivity index (χ4n) is 5.14. The van der Waals surface area contributed by atoms with Gasteiger partial charge in [-0.15, -0.1) is 0 Å². The first-order chi connectivity index (χ1) is 15.2. The summed E-state index contributed by atoms with van der Waals surface area (Å²) in [7, 11) is 0. The van der Waals surface area contributed by atoms with Crippen molar-refractivity contribution < 1.29 is 14.6 Å². The van der Waals surface area contributed by atoms with Crippen LogP contribution >= 0.6 is 0 Å². The van der Waals surface area contributed by atoms with E-state index in [0.717, 1.165) is 54.8 Å². The van der Waals surface area contributed by atoms with Crippen molar-refractivity contribution in [3.8, 4) is 11.4 Å². The van der Waals surface area contributed by atoms with Gasteiger partial charge in [0.15, 0.2) is 5.43 Å². The number of nitrogens with zero attached hydrogens (tertiary/aromatic N) is 3. The molecule has 0 bridgehead atoms. The molecule has 3 aromatic rings. The Kier molecular flexibility index (Phi) is 4.97. The number of benzene rings is 1. The van der Waals surface area contributed by atoms with Crippen molar-refractivity contribution in [2.75, 3.05) is 13.2 Å². The summed E-state index contributed by atoms with van der Waals surface area (Å²) < 4.78 is 9.51. The lowest BCUT2D eigenvalue weighted by atomic mass is 9.84. The minimum absolute atomic E-state index is 0.0306. The summed E-state index contributed by atoms with van der Waals surface area (Å²) >= 11 is 0. The molecule has 7 heteroatoms. The van der Waals surface area contributed by atoms with E-state index in [1.165, 1.54) is 17.8 Å². The molecule has 0 spiro atoms. The van der Waals surface area contributed by atoms with Crippen LogP contribution in [0.1, 0.15) is 55.6 Å². The average molecular weight is 436 g/mol. The number of aromatic carboxylic acids is 1. The number of pyridine rings is 1. The molecule has 1 saturated heterocycles. The summed E-state index contributed by atoms with van der Waals surface area (Å²) in [4.78, 5) is 24.3. The van der Waals surface area contributed by atoms with Gasteiger partial charge >= 0.3 is 5.97 Å². The molecule has 1 unspecified atom stereocenters. The molecule has 4 heterocycles. The normalized spacial score (nSPS) is 19.0. The van der Waals surface area contributed by atoms with E-state index in [4.69, 9.17) is 9.84 Å². The van der Waals surface area contributed by atoms with Gasteiger partial charge in [-0.3, -0.25) is 9.48 Å². The van der Waals surface area contributed by atoms with Crippen molar-refractivity contribution in [2.24, 2.45) is 11.3 Å². The number of rotatable bonds is 3. The van der Waals surface area contributed by atoms with Crippen molar-refractivity contribution in [3.05, 3.63) is 51.8 Å². The molecule has 1 fully saturated rings. The van der Waals surface area contributed by atoms with Crippen LogP contribution < -0.4 is 5.43 Å². The third-order valence-corrected chi connectivity index (χ3v) is 6.94. The molecule has 2 aromatic heterocycles. The predicted molar refractivity (Wildman–Crippen MR) is 122 cm³/mol. The number of fused-ring (bicyclic) bond motifs is 5. The standard InChI is InChI=1S/C25H29N3O4/c1-25(2,3)21-14-28-23(19-12-20(29)18(24(30)31)13-27(19)21)17-6-4-5-16(22(17)26-28)11-15-7-9-32-10-8-15/h4-6,12-13,15,21H,7-11,14H2,1-3H3,(H,30,31). The first-order valence-electron chi connectivity index (χ1n) is 11.3. The maximum Gasteiger partial charge on any atom is 0.341 e. The van der Waals surface area contributed by atoms with Crippen LogP contribution in [0.3, 0.4) is 0 Å². The molecule has 5 rings (SSSR count). The van der Waals surface area contributed by atoms with E-state index in [1.807, 2.05) is 9.25 Å². The Morgan fingerprint density at radius 1 is 1.25 bits per heavy atom. The smallest absolute Gasteiger partial charge is 0.341 e. The minimum atomic E-state index is -1.19. The first kappa shape index (κ1) is 20.9. The lowest BCUT2D eigenvalue weighted by Gasteiger charge is -2.38. The quantitative estimate of drug-likeness (QED) is 0.668. The fraction of sp³-hybridized carbons (Fsp3) is 0.480. The molecule has 1 aromatic carbocycles. The third-order valence-electron chi connectivity index (χ3n) is 6.94. The van der Waals surface area contributed by atoms with E-state index in [1.54, 1.807) is 0 Å². The Hall–Kier alpha value is -2.93. The van der Waals surface area contributed by atoms with Gasteiger partial charge in [0.1, 0.15) is 5.56 Å². The van der Waals surface area contributed by atoms with Crippen LogP contribution in [0.2, 0.25) is 0 Å². The molecule has 2 aliphatic rings. The number of hydrogen-bond donors (Lipinski definition) is 1. The number of aromatic nitrogens is 3. The second kappa shape index (κ2) is 7.59. The highest BCUT2D eigenvalue weighted by molar-refractivity contribution is 5.95. The molecule has 2 aliphatic heterocycles. The summed E-state index contributed by atoms with van der Waals surface area (Å²) in [6, 6.07) is 7.71. The Balaban J connectivity index is 1.70. The van der Waals surface area contributed by atoms with Crippen molar-refractivity contribution in [3.63, 3.8) is 0 Å². The summed E-state index contributed by atoms with van der Waals surface area (Å²) in [6.07, 6.45) is 4.60. The Bertz CT molecular complexity index is 1260. The zero-order valence-electron chi connectivity index (χ0n) is 18.8. The van der Waals surface area contributed by atoms with E-state index in [0.29, 0.717) is 12.5 Å². The number of ether oxygens (including phenoxy) is 1. The van der Waals surface area contributed by atoms with Gasteiger partial charge in [-0.2, -0.15) is 5.10 Å². The number of carboxylic acid groups (broad SMARTS) is 1. The first-order valence-corrected chi connectivity index (χ1v) is 11.3. The van der Waals surface area contributed by atoms with Gasteiger partial charge in [0.25, 0.3) is 0 Å².